The topological polar surface area (TPSA) is 26.3 Å². The van der Waals surface area contributed by atoms with Crippen molar-refractivity contribution in [3.8, 4) is 5.75 Å². The Morgan fingerprint density at radius 2 is 1.55 bits per heavy atom. The summed E-state index contributed by atoms with van der Waals surface area (Å²) in [6.45, 7) is 9.30. The molecule has 1 aliphatic rings. The van der Waals surface area contributed by atoms with Gasteiger partial charge in [-0.2, -0.15) is 0 Å². The number of rotatable bonds is 14. The Balaban J connectivity index is 1.67. The SMILES string of the molecule is CCCC(C)CCCC(CCC)CCCC(=O)Oc1ccc(C2CCC(C)CC2)cc1. The number of ether oxygens (including phenoxy) is 1. The minimum atomic E-state index is -0.0777. The first-order valence-electron chi connectivity index (χ1n) is 13.3. The van der Waals surface area contributed by atoms with Gasteiger partial charge in [0.05, 0.1) is 0 Å². The van der Waals surface area contributed by atoms with Crippen molar-refractivity contribution in [3.05, 3.63) is 29.8 Å². The van der Waals surface area contributed by atoms with Crippen LogP contribution in [0.3, 0.4) is 0 Å². The molecule has 2 unspecified atom stereocenters. The normalized spacial score (nSPS) is 20.9. The van der Waals surface area contributed by atoms with Crippen molar-refractivity contribution in [2.45, 2.75) is 124 Å². The molecule has 0 amide bonds. The highest BCUT2D eigenvalue weighted by molar-refractivity contribution is 5.72. The Kier molecular flexibility index (Phi) is 12.3. The van der Waals surface area contributed by atoms with Crippen molar-refractivity contribution in [1.82, 2.24) is 0 Å². The molecule has 0 aromatic heterocycles. The van der Waals surface area contributed by atoms with Crippen LogP contribution in [-0.2, 0) is 4.79 Å². The highest BCUT2D eigenvalue weighted by Gasteiger charge is 2.19. The van der Waals surface area contributed by atoms with Crippen LogP contribution in [0, 0.1) is 17.8 Å². The molecular weight excluding hydrogens is 380 g/mol. The van der Waals surface area contributed by atoms with Gasteiger partial charge in [0, 0.05) is 6.42 Å². The summed E-state index contributed by atoms with van der Waals surface area (Å²) in [5, 5.41) is 0. The van der Waals surface area contributed by atoms with E-state index in [1.165, 1.54) is 76.2 Å². The second kappa shape index (κ2) is 14.7. The van der Waals surface area contributed by atoms with Gasteiger partial charge in [-0.15, -0.1) is 0 Å². The van der Waals surface area contributed by atoms with E-state index in [1.54, 1.807) is 0 Å². The zero-order chi connectivity index (χ0) is 22.5. The van der Waals surface area contributed by atoms with Gasteiger partial charge in [-0.1, -0.05) is 97.6 Å². The van der Waals surface area contributed by atoms with Gasteiger partial charge in [-0.05, 0) is 67.1 Å². The number of carbonyl (C=O) groups is 1. The lowest BCUT2D eigenvalue weighted by molar-refractivity contribution is -0.134. The second-order valence-electron chi connectivity index (χ2n) is 10.4. The molecule has 1 aromatic carbocycles. The Bertz CT molecular complexity index is 598. The lowest BCUT2D eigenvalue weighted by Crippen LogP contribution is -2.11. The third-order valence-corrected chi connectivity index (χ3v) is 7.38. The van der Waals surface area contributed by atoms with E-state index < -0.39 is 0 Å². The van der Waals surface area contributed by atoms with Gasteiger partial charge in [0.25, 0.3) is 0 Å². The molecule has 2 atom stereocenters. The maximum Gasteiger partial charge on any atom is 0.311 e. The maximum atomic E-state index is 12.3. The number of hydrogen-bond acceptors (Lipinski definition) is 2. The minimum absolute atomic E-state index is 0.0777. The maximum absolute atomic E-state index is 12.3. The van der Waals surface area contributed by atoms with Gasteiger partial charge in [0.2, 0.25) is 0 Å². The molecule has 0 bridgehead atoms. The van der Waals surface area contributed by atoms with Crippen molar-refractivity contribution >= 4 is 5.97 Å². The van der Waals surface area contributed by atoms with Crippen LogP contribution in [0.25, 0.3) is 0 Å². The standard InChI is InChI=1S/C29H48O2/c1-5-9-23(3)11-7-12-25(10-6-2)13-8-14-29(30)31-28-21-19-27(20-22-28)26-17-15-24(4)16-18-26/h19-26H,5-18H2,1-4H3. The van der Waals surface area contributed by atoms with Crippen LogP contribution in [-0.4, -0.2) is 5.97 Å². The van der Waals surface area contributed by atoms with E-state index in [4.69, 9.17) is 4.74 Å². The first kappa shape index (κ1) is 25.9. The van der Waals surface area contributed by atoms with Crippen LogP contribution in [0.1, 0.15) is 129 Å². The van der Waals surface area contributed by atoms with Gasteiger partial charge in [0.1, 0.15) is 5.75 Å². The van der Waals surface area contributed by atoms with Crippen molar-refractivity contribution in [1.29, 1.82) is 0 Å². The number of benzene rings is 1. The van der Waals surface area contributed by atoms with E-state index in [0.29, 0.717) is 18.1 Å². The molecule has 0 N–H and O–H groups in total. The van der Waals surface area contributed by atoms with Gasteiger partial charge in [0.15, 0.2) is 0 Å². The molecule has 2 rings (SSSR count). The number of carbonyl (C=O) groups excluding carboxylic acids is 1. The summed E-state index contributed by atoms with van der Waals surface area (Å²) in [5.74, 6) is 3.80. The summed E-state index contributed by atoms with van der Waals surface area (Å²) in [6, 6.07) is 8.31. The molecule has 176 valence electrons. The number of esters is 1. The first-order valence-corrected chi connectivity index (χ1v) is 13.3. The van der Waals surface area contributed by atoms with E-state index >= 15 is 0 Å². The molecule has 1 aliphatic carbocycles. The molecular formula is C29H48O2. The Morgan fingerprint density at radius 1 is 0.903 bits per heavy atom. The van der Waals surface area contributed by atoms with E-state index in [1.807, 2.05) is 12.1 Å². The molecule has 31 heavy (non-hydrogen) atoms. The largest absolute Gasteiger partial charge is 0.427 e. The average molecular weight is 429 g/mol. The second-order valence-corrected chi connectivity index (χ2v) is 10.4. The van der Waals surface area contributed by atoms with Crippen LogP contribution in [0.2, 0.25) is 0 Å². The smallest absolute Gasteiger partial charge is 0.311 e. The van der Waals surface area contributed by atoms with Gasteiger partial charge in [-0.25, -0.2) is 0 Å². The highest BCUT2D eigenvalue weighted by Crippen LogP contribution is 2.36. The monoisotopic (exact) mass is 428 g/mol. The third-order valence-electron chi connectivity index (χ3n) is 7.38. The molecule has 1 saturated carbocycles. The van der Waals surface area contributed by atoms with Gasteiger partial charge >= 0.3 is 5.97 Å². The summed E-state index contributed by atoms with van der Waals surface area (Å²) in [6.07, 6.45) is 17.1. The molecule has 0 aliphatic heterocycles. The summed E-state index contributed by atoms with van der Waals surface area (Å²) < 4.78 is 5.62. The van der Waals surface area contributed by atoms with Crippen molar-refractivity contribution in [3.63, 3.8) is 0 Å². The molecule has 0 saturated heterocycles. The summed E-state index contributed by atoms with van der Waals surface area (Å²) in [4.78, 5) is 12.3. The fourth-order valence-electron chi connectivity index (χ4n) is 5.35. The van der Waals surface area contributed by atoms with Crippen molar-refractivity contribution < 1.29 is 9.53 Å². The Labute approximate surface area is 192 Å². The van der Waals surface area contributed by atoms with E-state index in [-0.39, 0.29) is 5.97 Å². The lowest BCUT2D eigenvalue weighted by Gasteiger charge is -2.26. The molecule has 1 aromatic rings. The average Bonchev–Trinajstić information content (AvgIpc) is 2.75. The fraction of sp³-hybridized carbons (Fsp3) is 0.759. The zero-order valence-electron chi connectivity index (χ0n) is 20.8. The molecule has 1 fully saturated rings. The molecule has 0 spiro atoms. The predicted molar refractivity (Wildman–Crippen MR) is 133 cm³/mol. The van der Waals surface area contributed by atoms with Crippen LogP contribution >= 0.6 is 0 Å². The van der Waals surface area contributed by atoms with Crippen molar-refractivity contribution in [2.24, 2.45) is 17.8 Å². The first-order chi connectivity index (χ1) is 15.0. The Morgan fingerprint density at radius 3 is 2.19 bits per heavy atom. The van der Waals surface area contributed by atoms with E-state index in [9.17, 15) is 4.79 Å². The summed E-state index contributed by atoms with van der Waals surface area (Å²) in [7, 11) is 0. The predicted octanol–water partition coefficient (Wildman–Crippen LogP) is 9.08. The minimum Gasteiger partial charge on any atom is -0.427 e. The van der Waals surface area contributed by atoms with Crippen LogP contribution in [0.5, 0.6) is 5.75 Å². The molecule has 0 radical (unpaired) electrons. The van der Waals surface area contributed by atoms with Crippen LogP contribution < -0.4 is 4.74 Å². The number of hydrogen-bond donors (Lipinski definition) is 0. The Hall–Kier alpha value is -1.31. The summed E-state index contributed by atoms with van der Waals surface area (Å²) in [5.41, 5.74) is 1.40. The fourth-order valence-corrected chi connectivity index (χ4v) is 5.35. The quantitative estimate of drug-likeness (QED) is 0.218. The third kappa shape index (κ3) is 10.2. The van der Waals surface area contributed by atoms with Gasteiger partial charge in [-0.3, -0.25) is 4.79 Å². The molecule has 0 heterocycles. The zero-order valence-corrected chi connectivity index (χ0v) is 20.8. The van der Waals surface area contributed by atoms with Gasteiger partial charge < -0.3 is 4.74 Å². The molecule has 2 heteroatoms. The molecule has 2 nitrogen and oxygen atoms in total. The van der Waals surface area contributed by atoms with Crippen molar-refractivity contribution in [2.75, 3.05) is 0 Å². The lowest BCUT2D eigenvalue weighted by atomic mass is 9.79. The van der Waals surface area contributed by atoms with Crippen LogP contribution in [0.15, 0.2) is 24.3 Å². The highest BCUT2D eigenvalue weighted by atomic mass is 16.5. The van der Waals surface area contributed by atoms with E-state index in [2.05, 4.69) is 39.8 Å². The van der Waals surface area contributed by atoms with E-state index in [0.717, 1.165) is 30.6 Å². The summed E-state index contributed by atoms with van der Waals surface area (Å²) >= 11 is 0. The van der Waals surface area contributed by atoms with Crippen LogP contribution in [0.4, 0.5) is 0 Å².